The van der Waals surface area contributed by atoms with Crippen LogP contribution in [0.4, 0.5) is 5.69 Å². The zero-order valence-electron chi connectivity index (χ0n) is 20.8. The molecule has 1 heterocycles. The summed E-state index contributed by atoms with van der Waals surface area (Å²) < 4.78 is 0. The van der Waals surface area contributed by atoms with Crippen LogP contribution < -0.4 is 5.01 Å². The van der Waals surface area contributed by atoms with E-state index >= 15 is 0 Å². The van der Waals surface area contributed by atoms with Crippen LogP contribution in [0.5, 0.6) is 0 Å². The Kier molecular flexibility index (Phi) is 6.30. The SMILES string of the molecule is CC(C)(C)c1ccc(/C=C\C2=NN(c3ccccc3)C(c3ccc(C(C)(C)C)cc3)C2)cc1. The van der Waals surface area contributed by atoms with E-state index < -0.39 is 0 Å². The van der Waals surface area contributed by atoms with Gasteiger partial charge in [-0.1, -0.05) is 114 Å². The van der Waals surface area contributed by atoms with E-state index in [0.717, 1.165) is 17.8 Å². The average molecular weight is 437 g/mol. The van der Waals surface area contributed by atoms with E-state index in [4.69, 9.17) is 5.10 Å². The van der Waals surface area contributed by atoms with Crippen LogP contribution in [0.1, 0.15) is 76.3 Å². The second-order valence-corrected chi connectivity index (χ2v) is 11.1. The van der Waals surface area contributed by atoms with Crippen LogP contribution in [0.25, 0.3) is 6.08 Å². The summed E-state index contributed by atoms with van der Waals surface area (Å²) in [6.45, 7) is 13.5. The molecule has 0 saturated heterocycles. The number of para-hydroxylation sites is 1. The highest BCUT2D eigenvalue weighted by Gasteiger charge is 2.28. The molecule has 1 aliphatic rings. The van der Waals surface area contributed by atoms with Crippen LogP contribution in [0.3, 0.4) is 0 Å². The Bertz CT molecular complexity index is 1120. The number of nitrogens with zero attached hydrogens (tertiary/aromatic N) is 2. The third-order valence-electron chi connectivity index (χ3n) is 6.36. The van der Waals surface area contributed by atoms with Crippen molar-refractivity contribution >= 4 is 17.5 Å². The van der Waals surface area contributed by atoms with Crippen molar-refractivity contribution in [3.63, 3.8) is 0 Å². The maximum Gasteiger partial charge on any atom is 0.0831 e. The highest BCUT2D eigenvalue weighted by Crippen LogP contribution is 2.36. The van der Waals surface area contributed by atoms with Crippen LogP contribution in [0.15, 0.2) is 90.0 Å². The molecular weight excluding hydrogens is 400 g/mol. The fourth-order valence-electron chi connectivity index (χ4n) is 4.20. The molecular formula is C31H36N2. The van der Waals surface area contributed by atoms with E-state index in [2.05, 4.69) is 138 Å². The van der Waals surface area contributed by atoms with Gasteiger partial charge in [-0.2, -0.15) is 5.10 Å². The number of rotatable bonds is 4. The lowest BCUT2D eigenvalue weighted by Crippen LogP contribution is -2.19. The molecule has 4 rings (SSSR count). The third-order valence-corrected chi connectivity index (χ3v) is 6.36. The molecule has 3 aromatic carbocycles. The van der Waals surface area contributed by atoms with E-state index in [1.54, 1.807) is 0 Å². The first kappa shape index (κ1) is 23.0. The van der Waals surface area contributed by atoms with E-state index in [0.29, 0.717) is 0 Å². The summed E-state index contributed by atoms with van der Waals surface area (Å²) in [5.74, 6) is 0. The Morgan fingerprint density at radius 2 is 1.24 bits per heavy atom. The van der Waals surface area contributed by atoms with E-state index in [9.17, 15) is 0 Å². The molecule has 0 amide bonds. The van der Waals surface area contributed by atoms with Crippen molar-refractivity contribution in [3.8, 4) is 0 Å². The topological polar surface area (TPSA) is 15.6 Å². The Hall–Kier alpha value is -3.13. The molecule has 0 bridgehead atoms. The van der Waals surface area contributed by atoms with Crippen molar-refractivity contribution in [2.75, 3.05) is 5.01 Å². The first-order chi connectivity index (χ1) is 15.6. The van der Waals surface area contributed by atoms with Gasteiger partial charge in [-0.05, 0) is 51.3 Å². The number of hydrogen-bond donors (Lipinski definition) is 0. The van der Waals surface area contributed by atoms with Gasteiger partial charge in [0, 0.05) is 6.42 Å². The van der Waals surface area contributed by atoms with Crippen molar-refractivity contribution in [1.29, 1.82) is 0 Å². The van der Waals surface area contributed by atoms with Gasteiger partial charge in [-0.3, -0.25) is 5.01 Å². The number of benzene rings is 3. The molecule has 0 fully saturated rings. The van der Waals surface area contributed by atoms with E-state index in [-0.39, 0.29) is 16.9 Å². The Morgan fingerprint density at radius 3 is 1.79 bits per heavy atom. The van der Waals surface area contributed by atoms with Crippen LogP contribution in [0.2, 0.25) is 0 Å². The van der Waals surface area contributed by atoms with Gasteiger partial charge in [-0.15, -0.1) is 0 Å². The molecule has 0 radical (unpaired) electrons. The van der Waals surface area contributed by atoms with Crippen LogP contribution in [-0.4, -0.2) is 5.71 Å². The van der Waals surface area contributed by atoms with E-state index in [1.165, 1.54) is 22.3 Å². The van der Waals surface area contributed by atoms with Gasteiger partial charge in [0.2, 0.25) is 0 Å². The molecule has 0 aliphatic carbocycles. The predicted octanol–water partition coefficient (Wildman–Crippen LogP) is 8.30. The van der Waals surface area contributed by atoms with Gasteiger partial charge in [0.25, 0.3) is 0 Å². The summed E-state index contributed by atoms with van der Waals surface area (Å²) >= 11 is 0. The minimum Gasteiger partial charge on any atom is -0.257 e. The molecule has 3 aromatic rings. The van der Waals surface area contributed by atoms with Gasteiger partial charge in [-0.25, -0.2) is 0 Å². The molecule has 0 aromatic heterocycles. The van der Waals surface area contributed by atoms with E-state index in [1.807, 2.05) is 0 Å². The first-order valence-electron chi connectivity index (χ1n) is 11.9. The van der Waals surface area contributed by atoms with Crippen molar-refractivity contribution in [2.45, 2.75) is 64.8 Å². The molecule has 0 N–H and O–H groups in total. The van der Waals surface area contributed by atoms with Gasteiger partial charge in [0.15, 0.2) is 0 Å². The number of hydrazone groups is 1. The lowest BCUT2D eigenvalue weighted by atomic mass is 9.86. The molecule has 0 spiro atoms. The zero-order chi connectivity index (χ0) is 23.6. The third kappa shape index (κ3) is 5.45. The molecule has 1 aliphatic heterocycles. The molecule has 33 heavy (non-hydrogen) atoms. The summed E-state index contributed by atoms with van der Waals surface area (Å²) in [6.07, 6.45) is 5.24. The minimum atomic E-state index is 0.153. The van der Waals surface area contributed by atoms with Crippen LogP contribution in [0, 0.1) is 0 Å². The normalized spacial score (nSPS) is 17.0. The van der Waals surface area contributed by atoms with Gasteiger partial charge >= 0.3 is 0 Å². The van der Waals surface area contributed by atoms with Gasteiger partial charge in [0.1, 0.15) is 0 Å². The van der Waals surface area contributed by atoms with Crippen molar-refractivity contribution in [3.05, 3.63) is 107 Å². The number of anilines is 1. The lowest BCUT2D eigenvalue weighted by Gasteiger charge is -2.25. The largest absolute Gasteiger partial charge is 0.257 e. The van der Waals surface area contributed by atoms with Crippen LogP contribution in [-0.2, 0) is 10.8 Å². The molecule has 170 valence electrons. The van der Waals surface area contributed by atoms with Crippen molar-refractivity contribution in [2.24, 2.45) is 5.10 Å². The Balaban J connectivity index is 1.59. The zero-order valence-corrected chi connectivity index (χ0v) is 20.8. The second kappa shape index (κ2) is 9.02. The smallest absolute Gasteiger partial charge is 0.0831 e. The molecule has 1 atom stereocenters. The maximum atomic E-state index is 5.02. The van der Waals surface area contributed by atoms with Crippen molar-refractivity contribution < 1.29 is 0 Å². The average Bonchev–Trinajstić information content (AvgIpc) is 3.22. The quantitative estimate of drug-likeness (QED) is 0.401. The Morgan fingerprint density at radius 1 is 0.697 bits per heavy atom. The fraction of sp³-hybridized carbons (Fsp3) is 0.323. The Labute approximate surface area is 199 Å². The van der Waals surface area contributed by atoms with Gasteiger partial charge < -0.3 is 0 Å². The highest BCUT2D eigenvalue weighted by molar-refractivity contribution is 6.01. The summed E-state index contributed by atoms with van der Waals surface area (Å²) in [5, 5.41) is 7.20. The lowest BCUT2D eigenvalue weighted by molar-refractivity contribution is 0.589. The summed E-state index contributed by atoms with van der Waals surface area (Å²) in [5.41, 5.74) is 7.76. The van der Waals surface area contributed by atoms with Crippen molar-refractivity contribution in [1.82, 2.24) is 0 Å². The standard InChI is InChI=1S/C31H36N2/c1-30(2,3)25-17-12-23(13-18-25)14-21-27-22-29(33(32-27)28-10-8-7-9-11-28)24-15-19-26(20-16-24)31(4,5)6/h7-21,29H,22H2,1-6H3/b21-14-. The summed E-state index contributed by atoms with van der Waals surface area (Å²) in [4.78, 5) is 0. The number of hydrogen-bond acceptors (Lipinski definition) is 2. The fourth-order valence-corrected chi connectivity index (χ4v) is 4.20. The summed E-state index contributed by atoms with van der Waals surface area (Å²) in [7, 11) is 0. The molecule has 1 unspecified atom stereocenters. The predicted molar refractivity (Wildman–Crippen MR) is 143 cm³/mol. The monoisotopic (exact) mass is 436 g/mol. The molecule has 2 heteroatoms. The second-order valence-electron chi connectivity index (χ2n) is 11.1. The minimum absolute atomic E-state index is 0.153. The molecule has 0 saturated carbocycles. The number of allylic oxidation sites excluding steroid dienone is 1. The molecule has 2 nitrogen and oxygen atoms in total. The first-order valence-corrected chi connectivity index (χ1v) is 11.9. The maximum absolute atomic E-state index is 5.02. The van der Waals surface area contributed by atoms with Gasteiger partial charge in [0.05, 0.1) is 17.4 Å². The summed E-state index contributed by atoms with van der Waals surface area (Å²) in [6, 6.07) is 28.6. The van der Waals surface area contributed by atoms with Crippen LogP contribution >= 0.6 is 0 Å². The highest BCUT2D eigenvalue weighted by atomic mass is 15.5.